The third kappa shape index (κ3) is 3.50. The van der Waals surface area contributed by atoms with Crippen LogP contribution in [-0.4, -0.2) is 18.1 Å². The van der Waals surface area contributed by atoms with Gasteiger partial charge >= 0.3 is 0 Å². The Hall–Kier alpha value is -2.04. The number of hydrogen-bond acceptors (Lipinski definition) is 3. The second kappa shape index (κ2) is 6.41. The minimum atomic E-state index is -0.397. The molecule has 2 rings (SSSR count). The van der Waals surface area contributed by atoms with Gasteiger partial charge in [-0.25, -0.2) is 0 Å². The number of carbonyl (C=O) groups is 1. The Morgan fingerprint density at radius 1 is 1.25 bits per heavy atom. The maximum absolute atomic E-state index is 12.1. The largest absolute Gasteiger partial charge is 0.507 e. The monoisotopic (exact) mass is 290 g/mol. The number of benzene rings is 2. The zero-order valence-corrected chi connectivity index (χ0v) is 11.7. The first-order chi connectivity index (χ1) is 9.60. The molecule has 0 aliphatic heterocycles. The average Bonchev–Trinajstić information content (AvgIpc) is 2.42. The summed E-state index contributed by atoms with van der Waals surface area (Å²) in [5, 5.41) is 15.9. The van der Waals surface area contributed by atoms with Crippen molar-refractivity contribution in [2.45, 2.75) is 6.54 Å². The molecule has 0 heterocycles. The second-order valence-corrected chi connectivity index (χ2v) is 4.78. The quantitative estimate of drug-likeness (QED) is 0.811. The predicted octanol–water partition coefficient (Wildman–Crippen LogP) is 3.02. The first-order valence-corrected chi connectivity index (χ1v) is 6.51. The van der Waals surface area contributed by atoms with Crippen molar-refractivity contribution in [3.63, 3.8) is 0 Å². The van der Waals surface area contributed by atoms with Crippen LogP contribution in [-0.2, 0) is 6.54 Å². The molecule has 1 amide bonds. The van der Waals surface area contributed by atoms with Crippen molar-refractivity contribution >= 4 is 23.2 Å². The Morgan fingerprint density at radius 2 is 2.05 bits per heavy atom. The molecule has 0 aliphatic carbocycles. The number of halogens is 1. The van der Waals surface area contributed by atoms with Crippen LogP contribution in [0.1, 0.15) is 15.9 Å². The van der Waals surface area contributed by atoms with Crippen LogP contribution in [0.4, 0.5) is 5.69 Å². The molecule has 0 spiro atoms. The highest BCUT2D eigenvalue weighted by Gasteiger charge is 2.12. The lowest BCUT2D eigenvalue weighted by atomic mass is 10.1. The molecular weight excluding hydrogens is 276 g/mol. The van der Waals surface area contributed by atoms with E-state index in [-0.39, 0.29) is 11.3 Å². The van der Waals surface area contributed by atoms with E-state index in [2.05, 4.69) is 10.6 Å². The van der Waals surface area contributed by atoms with E-state index < -0.39 is 5.91 Å². The maximum Gasteiger partial charge on any atom is 0.259 e. The van der Waals surface area contributed by atoms with Crippen LogP contribution in [0.2, 0.25) is 5.02 Å². The number of phenolic OH excluding ortho intramolecular Hbond substituents is 1. The molecule has 4 nitrogen and oxygen atoms in total. The van der Waals surface area contributed by atoms with Gasteiger partial charge in [0.25, 0.3) is 5.91 Å². The van der Waals surface area contributed by atoms with Crippen molar-refractivity contribution in [3.05, 3.63) is 58.6 Å². The fraction of sp³-hybridized carbons (Fsp3) is 0.133. The molecule has 0 saturated heterocycles. The third-order valence-corrected chi connectivity index (χ3v) is 3.00. The Balaban J connectivity index is 2.19. The summed E-state index contributed by atoms with van der Waals surface area (Å²) in [6.07, 6.45) is 0. The van der Waals surface area contributed by atoms with E-state index >= 15 is 0 Å². The number of aromatic hydroxyl groups is 1. The highest BCUT2D eigenvalue weighted by atomic mass is 35.5. The summed E-state index contributed by atoms with van der Waals surface area (Å²) in [5.41, 5.74) is 1.87. The summed E-state index contributed by atoms with van der Waals surface area (Å²) in [6, 6.07) is 11.8. The SMILES string of the molecule is CNCc1cccc(NC(=O)c2cc(Cl)ccc2O)c1. The van der Waals surface area contributed by atoms with Crippen LogP contribution in [0, 0.1) is 0 Å². The van der Waals surface area contributed by atoms with Crippen molar-refractivity contribution in [1.29, 1.82) is 0 Å². The van der Waals surface area contributed by atoms with E-state index in [0.29, 0.717) is 17.3 Å². The second-order valence-electron chi connectivity index (χ2n) is 4.35. The van der Waals surface area contributed by atoms with Crippen LogP contribution in [0.5, 0.6) is 5.75 Å². The Kier molecular flexibility index (Phi) is 4.61. The molecule has 0 fully saturated rings. The van der Waals surface area contributed by atoms with Gasteiger partial charge < -0.3 is 15.7 Å². The summed E-state index contributed by atoms with van der Waals surface area (Å²) < 4.78 is 0. The average molecular weight is 291 g/mol. The van der Waals surface area contributed by atoms with Crippen LogP contribution in [0.25, 0.3) is 0 Å². The number of anilines is 1. The summed E-state index contributed by atoms with van der Waals surface area (Å²) in [4.78, 5) is 12.1. The minimum Gasteiger partial charge on any atom is -0.507 e. The van der Waals surface area contributed by atoms with Crippen LogP contribution in [0.3, 0.4) is 0 Å². The van der Waals surface area contributed by atoms with Gasteiger partial charge in [0.2, 0.25) is 0 Å². The number of nitrogens with one attached hydrogen (secondary N) is 2. The zero-order chi connectivity index (χ0) is 14.5. The van der Waals surface area contributed by atoms with Gasteiger partial charge in [-0.3, -0.25) is 4.79 Å². The fourth-order valence-electron chi connectivity index (χ4n) is 1.85. The fourth-order valence-corrected chi connectivity index (χ4v) is 2.02. The topological polar surface area (TPSA) is 61.4 Å². The van der Waals surface area contributed by atoms with Crippen molar-refractivity contribution in [2.24, 2.45) is 0 Å². The van der Waals surface area contributed by atoms with Gasteiger partial charge in [0.1, 0.15) is 5.75 Å². The summed E-state index contributed by atoms with van der Waals surface area (Å²) in [5.74, 6) is -0.495. The van der Waals surface area contributed by atoms with Gasteiger partial charge in [-0.2, -0.15) is 0 Å². The summed E-state index contributed by atoms with van der Waals surface area (Å²) in [7, 11) is 1.86. The standard InChI is InChI=1S/C15H15ClN2O2/c1-17-9-10-3-2-4-12(7-10)18-15(20)13-8-11(16)5-6-14(13)19/h2-8,17,19H,9H2,1H3,(H,18,20). The van der Waals surface area contributed by atoms with Crippen molar-refractivity contribution < 1.29 is 9.90 Å². The van der Waals surface area contributed by atoms with Crippen LogP contribution >= 0.6 is 11.6 Å². The minimum absolute atomic E-state index is 0.0988. The molecule has 104 valence electrons. The summed E-state index contributed by atoms with van der Waals surface area (Å²) in [6.45, 7) is 0.714. The highest BCUT2D eigenvalue weighted by Crippen LogP contribution is 2.22. The Morgan fingerprint density at radius 3 is 2.80 bits per heavy atom. The predicted molar refractivity (Wildman–Crippen MR) is 80.3 cm³/mol. The van der Waals surface area contributed by atoms with Gasteiger partial charge in [-0.05, 0) is 42.9 Å². The van der Waals surface area contributed by atoms with Crippen molar-refractivity contribution in [1.82, 2.24) is 5.32 Å². The molecule has 20 heavy (non-hydrogen) atoms. The molecule has 2 aromatic carbocycles. The maximum atomic E-state index is 12.1. The van der Waals surface area contributed by atoms with Crippen molar-refractivity contribution in [3.8, 4) is 5.75 Å². The number of rotatable bonds is 4. The Bertz CT molecular complexity index is 629. The van der Waals surface area contributed by atoms with Crippen LogP contribution in [0.15, 0.2) is 42.5 Å². The van der Waals surface area contributed by atoms with Gasteiger partial charge in [-0.1, -0.05) is 23.7 Å². The van der Waals surface area contributed by atoms with Gasteiger partial charge in [0.05, 0.1) is 5.56 Å². The lowest BCUT2D eigenvalue weighted by molar-refractivity contribution is 0.102. The molecule has 5 heteroatoms. The molecule has 0 aliphatic rings. The third-order valence-electron chi connectivity index (χ3n) is 2.77. The van der Waals surface area contributed by atoms with Crippen molar-refractivity contribution in [2.75, 3.05) is 12.4 Å². The Labute approximate surface area is 122 Å². The van der Waals surface area contributed by atoms with E-state index in [1.807, 2.05) is 25.2 Å². The van der Waals surface area contributed by atoms with E-state index in [1.54, 1.807) is 6.07 Å². The lowest BCUT2D eigenvalue weighted by Crippen LogP contribution is -2.13. The molecule has 0 unspecified atom stereocenters. The molecule has 0 atom stereocenters. The normalized spacial score (nSPS) is 10.3. The van der Waals surface area contributed by atoms with E-state index in [0.717, 1.165) is 5.56 Å². The molecule has 0 radical (unpaired) electrons. The molecule has 2 aromatic rings. The molecular formula is C15H15ClN2O2. The van der Waals surface area contributed by atoms with Gasteiger partial charge in [-0.15, -0.1) is 0 Å². The molecule has 0 bridgehead atoms. The van der Waals surface area contributed by atoms with Gasteiger partial charge in [0, 0.05) is 17.3 Å². The number of carbonyl (C=O) groups excluding carboxylic acids is 1. The number of amides is 1. The first-order valence-electron chi connectivity index (χ1n) is 6.13. The van der Waals surface area contributed by atoms with Gasteiger partial charge in [0.15, 0.2) is 0 Å². The van der Waals surface area contributed by atoms with E-state index in [4.69, 9.17) is 11.6 Å². The van der Waals surface area contributed by atoms with Crippen LogP contribution < -0.4 is 10.6 Å². The highest BCUT2D eigenvalue weighted by molar-refractivity contribution is 6.31. The molecule has 3 N–H and O–H groups in total. The number of phenols is 1. The first kappa shape index (κ1) is 14.4. The molecule has 0 saturated carbocycles. The zero-order valence-electron chi connectivity index (χ0n) is 11.0. The number of hydrogen-bond donors (Lipinski definition) is 3. The van der Waals surface area contributed by atoms with E-state index in [9.17, 15) is 9.90 Å². The smallest absolute Gasteiger partial charge is 0.259 e. The molecule has 0 aromatic heterocycles. The summed E-state index contributed by atoms with van der Waals surface area (Å²) >= 11 is 5.83. The van der Waals surface area contributed by atoms with E-state index in [1.165, 1.54) is 18.2 Å². The lowest BCUT2D eigenvalue weighted by Gasteiger charge is -2.09.